The predicted octanol–water partition coefficient (Wildman–Crippen LogP) is 3.14. The van der Waals surface area contributed by atoms with Crippen LogP contribution in [0.3, 0.4) is 0 Å². The van der Waals surface area contributed by atoms with Gasteiger partial charge in [-0.3, -0.25) is 4.79 Å². The number of pyridine rings is 1. The van der Waals surface area contributed by atoms with E-state index in [1.54, 1.807) is 12.3 Å². The summed E-state index contributed by atoms with van der Waals surface area (Å²) in [6.45, 7) is 10.6. The number of piperazine rings is 1. The van der Waals surface area contributed by atoms with Crippen LogP contribution in [0, 0.1) is 6.92 Å². The van der Waals surface area contributed by atoms with Crippen molar-refractivity contribution in [2.45, 2.75) is 39.7 Å². The molecule has 0 aromatic carbocycles. The quantitative estimate of drug-likeness (QED) is 0.832. The highest BCUT2D eigenvalue weighted by Crippen LogP contribution is 2.29. The summed E-state index contributed by atoms with van der Waals surface area (Å²) < 4.78 is 10.9. The van der Waals surface area contributed by atoms with Gasteiger partial charge in [-0.1, -0.05) is 13.8 Å². The molecule has 27 heavy (non-hydrogen) atoms. The molecule has 0 atom stereocenters. The Hall–Kier alpha value is -2.34. The molecule has 0 bridgehead atoms. The highest BCUT2D eigenvalue weighted by Gasteiger charge is 2.26. The average molecular weight is 369 g/mol. The highest BCUT2D eigenvalue weighted by molar-refractivity contribution is 5.95. The number of furan rings is 1. The first-order valence-electron chi connectivity index (χ1n) is 9.73. The minimum atomic E-state index is 0.0549. The summed E-state index contributed by atoms with van der Waals surface area (Å²) in [5, 5.41) is 0. The van der Waals surface area contributed by atoms with E-state index in [1.165, 1.54) is 11.1 Å². The number of carbonyl (C=O) groups is 1. The topological polar surface area (TPSA) is 58.8 Å². The van der Waals surface area contributed by atoms with Gasteiger partial charge >= 0.3 is 0 Å². The number of hydrogen-bond donors (Lipinski definition) is 0. The molecular weight excluding hydrogens is 342 g/mol. The van der Waals surface area contributed by atoms with Gasteiger partial charge in [0, 0.05) is 31.7 Å². The molecule has 4 heterocycles. The molecule has 2 aromatic rings. The van der Waals surface area contributed by atoms with Gasteiger partial charge in [-0.05, 0) is 37.0 Å². The van der Waals surface area contributed by atoms with Crippen molar-refractivity contribution in [2.75, 3.05) is 37.7 Å². The van der Waals surface area contributed by atoms with E-state index in [1.807, 2.05) is 11.8 Å². The molecule has 0 unspecified atom stereocenters. The van der Waals surface area contributed by atoms with Crippen molar-refractivity contribution in [3.05, 3.63) is 46.5 Å². The number of hydrogen-bond acceptors (Lipinski definition) is 5. The third-order valence-electron chi connectivity index (χ3n) is 5.52. The first-order valence-corrected chi connectivity index (χ1v) is 9.73. The molecule has 2 aliphatic rings. The van der Waals surface area contributed by atoms with Crippen LogP contribution in [0.4, 0.5) is 5.82 Å². The lowest BCUT2D eigenvalue weighted by molar-refractivity contribution is 0.0744. The molecule has 1 fully saturated rings. The van der Waals surface area contributed by atoms with Gasteiger partial charge in [0.05, 0.1) is 30.7 Å². The van der Waals surface area contributed by atoms with Gasteiger partial charge in [-0.15, -0.1) is 0 Å². The van der Waals surface area contributed by atoms with Crippen molar-refractivity contribution in [2.24, 2.45) is 0 Å². The fourth-order valence-corrected chi connectivity index (χ4v) is 3.93. The van der Waals surface area contributed by atoms with Crippen molar-refractivity contribution >= 4 is 11.7 Å². The van der Waals surface area contributed by atoms with Crippen LogP contribution in [-0.4, -0.2) is 48.6 Å². The number of anilines is 1. The number of fused-ring (bicyclic) bond motifs is 1. The summed E-state index contributed by atoms with van der Waals surface area (Å²) >= 11 is 0. The van der Waals surface area contributed by atoms with Crippen LogP contribution >= 0.6 is 0 Å². The lowest BCUT2D eigenvalue weighted by Gasteiger charge is -2.36. The number of nitrogens with zero attached hydrogens (tertiary/aromatic N) is 3. The molecule has 6 nitrogen and oxygen atoms in total. The summed E-state index contributed by atoms with van der Waals surface area (Å²) in [6.07, 6.45) is 2.52. The Labute approximate surface area is 160 Å². The van der Waals surface area contributed by atoms with Gasteiger partial charge < -0.3 is 19.0 Å². The monoisotopic (exact) mass is 369 g/mol. The zero-order valence-electron chi connectivity index (χ0n) is 16.3. The molecule has 0 aliphatic carbocycles. The lowest BCUT2D eigenvalue weighted by atomic mass is 9.96. The van der Waals surface area contributed by atoms with E-state index in [2.05, 4.69) is 24.8 Å². The van der Waals surface area contributed by atoms with Crippen LogP contribution in [0.15, 0.2) is 22.8 Å². The largest absolute Gasteiger partial charge is 0.469 e. The minimum Gasteiger partial charge on any atom is -0.469 e. The molecule has 1 saturated heterocycles. The molecule has 144 valence electrons. The third-order valence-corrected chi connectivity index (χ3v) is 5.52. The number of carbonyl (C=O) groups excluding carboxylic acids is 1. The predicted molar refractivity (Wildman–Crippen MR) is 103 cm³/mol. The van der Waals surface area contributed by atoms with Crippen molar-refractivity contribution in [3.8, 4) is 0 Å². The van der Waals surface area contributed by atoms with E-state index in [0.717, 1.165) is 37.6 Å². The Morgan fingerprint density at radius 3 is 2.67 bits per heavy atom. The number of aryl methyl sites for hydroxylation is 1. The van der Waals surface area contributed by atoms with Crippen LogP contribution in [-0.2, 0) is 17.8 Å². The molecule has 2 aromatic heterocycles. The second-order valence-electron chi connectivity index (χ2n) is 7.63. The standard InChI is InChI=1S/C21H27N3O3/c1-14(2)20-18-13-26-10-4-16(18)12-19(22-20)23-6-8-24(9-7-23)21(25)17-5-11-27-15(17)3/h5,11-12,14H,4,6-10,13H2,1-3H3. The average Bonchev–Trinajstić information content (AvgIpc) is 3.12. The summed E-state index contributed by atoms with van der Waals surface area (Å²) in [5.41, 5.74) is 4.44. The smallest absolute Gasteiger partial charge is 0.257 e. The van der Waals surface area contributed by atoms with Gasteiger partial charge in [0.2, 0.25) is 0 Å². The van der Waals surface area contributed by atoms with E-state index >= 15 is 0 Å². The Balaban J connectivity index is 1.50. The molecule has 0 radical (unpaired) electrons. The van der Waals surface area contributed by atoms with E-state index in [4.69, 9.17) is 14.1 Å². The van der Waals surface area contributed by atoms with Gasteiger partial charge in [-0.25, -0.2) is 4.98 Å². The molecular formula is C21H27N3O3. The van der Waals surface area contributed by atoms with Crippen LogP contribution < -0.4 is 4.90 Å². The van der Waals surface area contributed by atoms with Crippen LogP contribution in [0.5, 0.6) is 0 Å². The molecule has 1 amide bonds. The van der Waals surface area contributed by atoms with E-state index in [0.29, 0.717) is 36.9 Å². The fraction of sp³-hybridized carbons (Fsp3) is 0.524. The number of amides is 1. The van der Waals surface area contributed by atoms with Crippen LogP contribution in [0.1, 0.15) is 52.7 Å². The Morgan fingerprint density at radius 2 is 2.00 bits per heavy atom. The van der Waals surface area contributed by atoms with Crippen LogP contribution in [0.2, 0.25) is 0 Å². The maximum absolute atomic E-state index is 12.7. The molecule has 2 aliphatic heterocycles. The summed E-state index contributed by atoms with van der Waals surface area (Å²) in [7, 11) is 0. The van der Waals surface area contributed by atoms with Crippen molar-refractivity contribution in [3.63, 3.8) is 0 Å². The maximum atomic E-state index is 12.7. The Bertz CT molecular complexity index is 835. The molecule has 0 N–H and O–H groups in total. The highest BCUT2D eigenvalue weighted by atomic mass is 16.5. The zero-order valence-corrected chi connectivity index (χ0v) is 16.3. The zero-order chi connectivity index (χ0) is 19.0. The first-order chi connectivity index (χ1) is 13.0. The number of aromatic nitrogens is 1. The second-order valence-corrected chi connectivity index (χ2v) is 7.63. The minimum absolute atomic E-state index is 0.0549. The first kappa shape index (κ1) is 18.0. The molecule has 6 heteroatoms. The second kappa shape index (κ2) is 7.35. The number of rotatable bonds is 3. The summed E-state index contributed by atoms with van der Waals surface area (Å²) in [5.74, 6) is 2.14. The van der Waals surface area contributed by atoms with Crippen LogP contribution in [0.25, 0.3) is 0 Å². The normalized spacial score (nSPS) is 17.3. The van der Waals surface area contributed by atoms with E-state index in [-0.39, 0.29) is 5.91 Å². The fourth-order valence-electron chi connectivity index (χ4n) is 3.93. The maximum Gasteiger partial charge on any atom is 0.257 e. The van der Waals surface area contributed by atoms with Crippen molar-refractivity contribution in [1.82, 2.24) is 9.88 Å². The third kappa shape index (κ3) is 3.46. The van der Waals surface area contributed by atoms with Gasteiger partial charge in [0.15, 0.2) is 0 Å². The summed E-state index contributed by atoms with van der Waals surface area (Å²) in [6, 6.07) is 3.98. The van der Waals surface area contributed by atoms with Gasteiger partial charge in [0.1, 0.15) is 11.6 Å². The Morgan fingerprint density at radius 1 is 1.22 bits per heavy atom. The molecule has 0 saturated carbocycles. The Kier molecular flexibility index (Phi) is 4.91. The molecule has 0 spiro atoms. The van der Waals surface area contributed by atoms with E-state index < -0.39 is 0 Å². The van der Waals surface area contributed by atoms with Gasteiger partial charge in [-0.2, -0.15) is 0 Å². The molecule has 4 rings (SSSR count). The van der Waals surface area contributed by atoms with E-state index in [9.17, 15) is 4.79 Å². The SMILES string of the molecule is Cc1occc1C(=O)N1CCN(c2cc3c(c(C(C)C)n2)COCC3)CC1. The summed E-state index contributed by atoms with van der Waals surface area (Å²) in [4.78, 5) is 21.9. The van der Waals surface area contributed by atoms with Crippen molar-refractivity contribution in [1.29, 1.82) is 0 Å². The number of ether oxygens (including phenoxy) is 1. The lowest BCUT2D eigenvalue weighted by Crippen LogP contribution is -2.49. The van der Waals surface area contributed by atoms with Crippen molar-refractivity contribution < 1.29 is 13.9 Å². The van der Waals surface area contributed by atoms with Gasteiger partial charge in [0.25, 0.3) is 5.91 Å².